The Morgan fingerprint density at radius 1 is 1.08 bits per heavy atom. The summed E-state index contributed by atoms with van der Waals surface area (Å²) in [5, 5.41) is 16.9. The van der Waals surface area contributed by atoms with E-state index in [0.717, 1.165) is 11.1 Å². The minimum Gasteiger partial charge on any atom is -0.389 e. The van der Waals surface area contributed by atoms with Gasteiger partial charge in [0, 0.05) is 11.1 Å². The van der Waals surface area contributed by atoms with Crippen molar-refractivity contribution in [1.29, 1.82) is 0 Å². The second-order valence-electron chi connectivity index (χ2n) is 5.75. The van der Waals surface area contributed by atoms with Crippen LogP contribution < -0.4 is 0 Å². The van der Waals surface area contributed by atoms with E-state index in [1.54, 1.807) is 6.92 Å². The summed E-state index contributed by atoms with van der Waals surface area (Å²) in [6, 6.07) is 16.7. The van der Waals surface area contributed by atoms with E-state index in [4.69, 9.17) is 0 Å². The first-order valence-corrected chi connectivity index (χ1v) is 8.89. The zero-order valence-corrected chi connectivity index (χ0v) is 14.8. The maximum atomic E-state index is 12.4. The zero-order chi connectivity index (χ0) is 17.8. The lowest BCUT2D eigenvalue weighted by Crippen LogP contribution is -2.13. The molecule has 0 aliphatic carbocycles. The number of carbonyl (C=O) groups excluding carboxylic acids is 1. The van der Waals surface area contributed by atoms with Crippen molar-refractivity contribution in [2.75, 3.05) is 0 Å². The van der Waals surface area contributed by atoms with E-state index in [1.807, 2.05) is 61.5 Å². The number of nitrogens with one attached hydrogen (secondary N) is 1. The number of ketones is 1. The summed E-state index contributed by atoms with van der Waals surface area (Å²) in [5.41, 5.74) is 2.41. The summed E-state index contributed by atoms with van der Waals surface area (Å²) >= 11 is 1.33. The minimum atomic E-state index is -0.500. The van der Waals surface area contributed by atoms with Crippen LogP contribution in [0.1, 0.15) is 35.9 Å². The molecular weight excluding hydrogens is 334 g/mol. The normalized spacial score (nSPS) is 13.4. The third kappa shape index (κ3) is 4.15. The van der Waals surface area contributed by atoms with Gasteiger partial charge in [0.05, 0.1) is 11.4 Å². The molecule has 1 heterocycles. The predicted molar refractivity (Wildman–Crippen MR) is 98.5 cm³/mol. The van der Waals surface area contributed by atoms with Gasteiger partial charge in [-0.3, -0.25) is 9.89 Å². The number of thioether (sulfide) groups is 1. The van der Waals surface area contributed by atoms with Crippen LogP contribution in [0.15, 0.2) is 59.8 Å². The molecule has 25 heavy (non-hydrogen) atoms. The highest BCUT2D eigenvalue weighted by Gasteiger charge is 2.18. The van der Waals surface area contributed by atoms with Gasteiger partial charge in [-0.25, -0.2) is 4.98 Å². The highest BCUT2D eigenvalue weighted by atomic mass is 32.2. The molecule has 2 unspecified atom stereocenters. The summed E-state index contributed by atoms with van der Waals surface area (Å²) < 4.78 is 0. The van der Waals surface area contributed by atoms with E-state index >= 15 is 0 Å². The van der Waals surface area contributed by atoms with Crippen LogP contribution in [0, 0.1) is 0 Å². The number of hydrogen-bond donors (Lipinski definition) is 2. The maximum Gasteiger partial charge on any atom is 0.209 e. The quantitative estimate of drug-likeness (QED) is 0.519. The minimum absolute atomic E-state index is 0.0539. The lowest BCUT2D eigenvalue weighted by atomic mass is 10.1. The average Bonchev–Trinajstić information content (AvgIpc) is 3.10. The van der Waals surface area contributed by atoms with Gasteiger partial charge in [-0.05, 0) is 19.4 Å². The van der Waals surface area contributed by atoms with Crippen LogP contribution in [0.25, 0.3) is 11.4 Å². The van der Waals surface area contributed by atoms with E-state index in [2.05, 4.69) is 15.2 Å². The first-order chi connectivity index (χ1) is 12.0. The number of hydrogen-bond acceptors (Lipinski definition) is 5. The van der Waals surface area contributed by atoms with Crippen LogP contribution in [-0.2, 0) is 0 Å². The van der Waals surface area contributed by atoms with E-state index in [9.17, 15) is 9.90 Å². The molecule has 5 nitrogen and oxygen atoms in total. The molecule has 0 spiro atoms. The third-order valence-corrected chi connectivity index (χ3v) is 4.80. The Balaban J connectivity index is 1.70. The number of benzene rings is 2. The molecule has 1 aromatic heterocycles. The fourth-order valence-corrected chi connectivity index (χ4v) is 3.20. The Morgan fingerprint density at radius 3 is 2.40 bits per heavy atom. The van der Waals surface area contributed by atoms with Crippen LogP contribution in [0.4, 0.5) is 0 Å². The average molecular weight is 353 g/mol. The molecule has 6 heteroatoms. The lowest BCUT2D eigenvalue weighted by molar-refractivity contribution is 0.0994. The highest BCUT2D eigenvalue weighted by molar-refractivity contribution is 8.00. The topological polar surface area (TPSA) is 78.9 Å². The predicted octanol–water partition coefficient (Wildman–Crippen LogP) is 3.89. The van der Waals surface area contributed by atoms with Gasteiger partial charge in [-0.15, -0.1) is 5.10 Å². The fraction of sp³-hybridized carbons (Fsp3) is 0.211. The first-order valence-electron chi connectivity index (χ1n) is 8.01. The monoisotopic (exact) mass is 353 g/mol. The van der Waals surface area contributed by atoms with Crippen LogP contribution in [-0.4, -0.2) is 31.3 Å². The van der Waals surface area contributed by atoms with Crippen LogP contribution in [0.5, 0.6) is 0 Å². The molecule has 128 valence electrons. The molecular formula is C19H19N3O2S. The smallest absolute Gasteiger partial charge is 0.209 e. The van der Waals surface area contributed by atoms with Crippen LogP contribution in [0.2, 0.25) is 0 Å². The Morgan fingerprint density at radius 2 is 1.76 bits per heavy atom. The number of carbonyl (C=O) groups is 1. The molecule has 2 N–H and O–H groups in total. The van der Waals surface area contributed by atoms with Gasteiger partial charge in [0.25, 0.3) is 0 Å². The van der Waals surface area contributed by atoms with E-state index in [1.165, 1.54) is 11.8 Å². The molecule has 0 bridgehead atoms. The molecule has 2 atom stereocenters. The van der Waals surface area contributed by atoms with E-state index in [0.29, 0.717) is 16.5 Å². The van der Waals surface area contributed by atoms with Gasteiger partial charge in [-0.2, -0.15) is 0 Å². The molecule has 0 aliphatic heterocycles. The van der Waals surface area contributed by atoms with Crippen molar-refractivity contribution in [2.45, 2.75) is 30.4 Å². The second kappa shape index (κ2) is 7.63. The largest absolute Gasteiger partial charge is 0.389 e. The van der Waals surface area contributed by atoms with Gasteiger partial charge >= 0.3 is 0 Å². The number of aliphatic hydroxyl groups excluding tert-OH is 1. The zero-order valence-electron chi connectivity index (χ0n) is 14.0. The Labute approximate surface area is 150 Å². The molecule has 0 aliphatic rings. The van der Waals surface area contributed by atoms with Crippen molar-refractivity contribution in [1.82, 2.24) is 15.2 Å². The lowest BCUT2D eigenvalue weighted by Gasteiger charge is -2.07. The number of aromatic amines is 1. The van der Waals surface area contributed by atoms with Gasteiger partial charge in [-0.1, -0.05) is 66.4 Å². The summed E-state index contributed by atoms with van der Waals surface area (Å²) in [4.78, 5) is 16.9. The van der Waals surface area contributed by atoms with Gasteiger partial charge in [0.2, 0.25) is 5.16 Å². The molecule has 3 rings (SSSR count). The van der Waals surface area contributed by atoms with Crippen molar-refractivity contribution < 1.29 is 9.90 Å². The van der Waals surface area contributed by atoms with E-state index in [-0.39, 0.29) is 11.0 Å². The molecule has 0 saturated heterocycles. The first kappa shape index (κ1) is 17.4. The SMILES string of the molecule is CC(Sc1n[nH]c(-c2ccc(C(C)O)cc2)n1)C(=O)c1ccccc1. The molecule has 0 amide bonds. The third-order valence-electron chi connectivity index (χ3n) is 3.84. The van der Waals surface area contributed by atoms with Gasteiger partial charge < -0.3 is 5.11 Å². The molecule has 0 fully saturated rings. The molecule has 0 radical (unpaired) electrons. The maximum absolute atomic E-state index is 12.4. The van der Waals surface area contributed by atoms with Crippen molar-refractivity contribution in [3.63, 3.8) is 0 Å². The summed E-state index contributed by atoms with van der Waals surface area (Å²) in [6.45, 7) is 3.58. The van der Waals surface area contributed by atoms with Crippen molar-refractivity contribution in [3.05, 3.63) is 65.7 Å². The Bertz CT molecular complexity index is 845. The summed E-state index contributed by atoms with van der Waals surface area (Å²) in [5.74, 6) is 0.692. The molecule has 2 aromatic carbocycles. The van der Waals surface area contributed by atoms with Gasteiger partial charge in [0.15, 0.2) is 11.6 Å². The van der Waals surface area contributed by atoms with Crippen molar-refractivity contribution in [2.24, 2.45) is 0 Å². The summed E-state index contributed by atoms with van der Waals surface area (Å²) in [6.07, 6.45) is -0.500. The summed E-state index contributed by atoms with van der Waals surface area (Å²) in [7, 11) is 0. The Kier molecular flexibility index (Phi) is 5.31. The van der Waals surface area contributed by atoms with Crippen molar-refractivity contribution in [3.8, 4) is 11.4 Å². The van der Waals surface area contributed by atoms with Crippen molar-refractivity contribution >= 4 is 17.5 Å². The number of H-pyrrole nitrogens is 1. The van der Waals surface area contributed by atoms with Crippen LogP contribution >= 0.6 is 11.8 Å². The number of aromatic nitrogens is 3. The Hall–Kier alpha value is -2.44. The number of Topliss-reactive ketones (excluding diaryl/α,β-unsaturated/α-hetero) is 1. The number of nitrogens with zero attached hydrogens (tertiary/aromatic N) is 2. The van der Waals surface area contributed by atoms with E-state index < -0.39 is 6.10 Å². The number of rotatable bonds is 6. The second-order valence-corrected chi connectivity index (χ2v) is 7.06. The van der Waals surface area contributed by atoms with Crippen LogP contribution in [0.3, 0.4) is 0 Å². The number of aliphatic hydroxyl groups is 1. The highest BCUT2D eigenvalue weighted by Crippen LogP contribution is 2.25. The fourth-order valence-electron chi connectivity index (χ4n) is 2.40. The molecule has 3 aromatic rings. The van der Waals surface area contributed by atoms with Gasteiger partial charge in [0.1, 0.15) is 0 Å². The standard InChI is InChI=1S/C19H19N3O2S/c1-12(23)14-8-10-16(11-9-14)18-20-19(22-21-18)25-13(2)17(24)15-6-4-3-5-7-15/h3-13,23H,1-2H3,(H,20,21,22). The molecule has 0 saturated carbocycles.